The maximum Gasteiger partial charge on any atom is 0.262 e. The summed E-state index contributed by atoms with van der Waals surface area (Å²) in [6.07, 6.45) is 1.49. The second-order valence-electron chi connectivity index (χ2n) is 6.45. The summed E-state index contributed by atoms with van der Waals surface area (Å²) in [4.78, 5) is 19.8. The van der Waals surface area contributed by atoms with Gasteiger partial charge in [-0.1, -0.05) is 30.3 Å². The van der Waals surface area contributed by atoms with Crippen molar-refractivity contribution in [1.82, 2.24) is 34.5 Å². The number of benzene rings is 2. The number of aromatic amines is 1. The topological polar surface area (TPSA) is 94.3 Å². The van der Waals surface area contributed by atoms with Crippen LogP contribution in [0.15, 0.2) is 75.9 Å². The van der Waals surface area contributed by atoms with E-state index in [1.54, 1.807) is 34.5 Å². The zero-order valence-electron chi connectivity index (χ0n) is 15.7. The molecular formula is C20H14FN7OS. The molecule has 0 bridgehead atoms. The van der Waals surface area contributed by atoms with Crippen LogP contribution in [-0.4, -0.2) is 34.5 Å². The first-order chi connectivity index (χ1) is 14.6. The molecule has 0 amide bonds. The van der Waals surface area contributed by atoms with E-state index in [0.29, 0.717) is 32.7 Å². The molecule has 5 rings (SSSR count). The Morgan fingerprint density at radius 1 is 1.03 bits per heavy atom. The van der Waals surface area contributed by atoms with Crippen LogP contribution in [-0.2, 0) is 7.05 Å². The lowest BCUT2D eigenvalue weighted by Gasteiger charge is -2.05. The minimum absolute atomic E-state index is 0.304. The fraction of sp³-hybridized carbons (Fsp3) is 0.0500. The predicted octanol–water partition coefficient (Wildman–Crippen LogP) is 3.19. The molecule has 0 saturated carbocycles. The van der Waals surface area contributed by atoms with E-state index in [9.17, 15) is 9.18 Å². The lowest BCUT2D eigenvalue weighted by atomic mass is 10.2. The molecule has 2 aromatic carbocycles. The van der Waals surface area contributed by atoms with Gasteiger partial charge in [0.2, 0.25) is 0 Å². The number of aromatic nitrogens is 7. The molecule has 0 radical (unpaired) electrons. The highest BCUT2D eigenvalue weighted by Gasteiger charge is 2.17. The molecule has 1 N–H and O–H groups in total. The summed E-state index contributed by atoms with van der Waals surface area (Å²) < 4.78 is 17.4. The summed E-state index contributed by atoms with van der Waals surface area (Å²) in [6, 6.07) is 15.8. The fourth-order valence-electron chi connectivity index (χ4n) is 3.07. The van der Waals surface area contributed by atoms with Crippen molar-refractivity contribution >= 4 is 22.8 Å². The lowest BCUT2D eigenvalue weighted by molar-refractivity contribution is 0.628. The largest absolute Gasteiger partial charge is 0.305 e. The van der Waals surface area contributed by atoms with Crippen LogP contribution in [0.5, 0.6) is 0 Å². The average molecular weight is 419 g/mol. The zero-order valence-corrected chi connectivity index (χ0v) is 16.5. The van der Waals surface area contributed by atoms with Gasteiger partial charge in [-0.25, -0.2) is 14.1 Å². The maximum atomic E-state index is 14.1. The number of hydrogen-bond acceptors (Lipinski definition) is 6. The van der Waals surface area contributed by atoms with Gasteiger partial charge in [-0.05, 0) is 36.0 Å². The van der Waals surface area contributed by atoms with Gasteiger partial charge >= 0.3 is 0 Å². The van der Waals surface area contributed by atoms with Crippen molar-refractivity contribution in [3.63, 3.8) is 0 Å². The van der Waals surface area contributed by atoms with E-state index in [0.717, 1.165) is 17.4 Å². The van der Waals surface area contributed by atoms with Crippen LogP contribution in [0.3, 0.4) is 0 Å². The molecule has 8 nitrogen and oxygen atoms in total. The SMILES string of the molecule is Cn1c(Sc2nc3c(cnn3-c3ccccc3)c(=O)[nH]2)nnc1-c1ccccc1F. The molecule has 3 aromatic heterocycles. The van der Waals surface area contributed by atoms with Crippen molar-refractivity contribution in [1.29, 1.82) is 0 Å². The van der Waals surface area contributed by atoms with Gasteiger partial charge in [0.15, 0.2) is 21.8 Å². The van der Waals surface area contributed by atoms with E-state index in [2.05, 4.69) is 25.3 Å². The van der Waals surface area contributed by atoms with Crippen LogP contribution in [0.4, 0.5) is 4.39 Å². The van der Waals surface area contributed by atoms with Crippen LogP contribution in [0.25, 0.3) is 28.1 Å². The third kappa shape index (κ3) is 3.07. The minimum atomic E-state index is -0.385. The van der Waals surface area contributed by atoms with Crippen molar-refractivity contribution in [2.75, 3.05) is 0 Å². The first-order valence-corrected chi connectivity index (χ1v) is 9.79. The Kier molecular flexibility index (Phi) is 4.40. The Morgan fingerprint density at radius 2 is 1.80 bits per heavy atom. The molecule has 0 unspecified atom stereocenters. The molecule has 0 aliphatic carbocycles. The van der Waals surface area contributed by atoms with Crippen molar-refractivity contribution in [3.8, 4) is 17.1 Å². The molecule has 0 aliphatic rings. The third-order valence-corrected chi connectivity index (χ3v) is 5.48. The average Bonchev–Trinajstić information content (AvgIpc) is 3.34. The van der Waals surface area contributed by atoms with E-state index >= 15 is 0 Å². The van der Waals surface area contributed by atoms with Gasteiger partial charge in [-0.15, -0.1) is 10.2 Å². The summed E-state index contributed by atoms with van der Waals surface area (Å²) in [5.74, 6) is -0.00221. The summed E-state index contributed by atoms with van der Waals surface area (Å²) in [5, 5.41) is 13.7. The summed E-state index contributed by atoms with van der Waals surface area (Å²) in [6.45, 7) is 0. The highest BCUT2D eigenvalue weighted by Crippen LogP contribution is 2.28. The van der Waals surface area contributed by atoms with Crippen LogP contribution < -0.4 is 5.56 Å². The summed E-state index contributed by atoms with van der Waals surface area (Å²) in [7, 11) is 1.73. The van der Waals surface area contributed by atoms with Crippen LogP contribution in [0.2, 0.25) is 0 Å². The van der Waals surface area contributed by atoms with Gasteiger partial charge in [0.1, 0.15) is 11.2 Å². The minimum Gasteiger partial charge on any atom is -0.305 e. The second-order valence-corrected chi connectivity index (χ2v) is 7.40. The van der Waals surface area contributed by atoms with Gasteiger partial charge < -0.3 is 9.55 Å². The number of nitrogens with one attached hydrogen (secondary N) is 1. The molecule has 0 fully saturated rings. The number of H-pyrrole nitrogens is 1. The second kappa shape index (κ2) is 7.23. The molecule has 0 spiro atoms. The zero-order chi connectivity index (χ0) is 20.7. The van der Waals surface area contributed by atoms with Crippen molar-refractivity contribution in [3.05, 3.63) is 77.0 Å². The van der Waals surface area contributed by atoms with Crippen molar-refractivity contribution in [2.45, 2.75) is 10.3 Å². The Morgan fingerprint density at radius 3 is 2.60 bits per heavy atom. The quantitative estimate of drug-likeness (QED) is 0.450. The molecule has 5 aromatic rings. The Balaban J connectivity index is 1.55. The van der Waals surface area contributed by atoms with Gasteiger partial charge in [0, 0.05) is 7.05 Å². The smallest absolute Gasteiger partial charge is 0.262 e. The van der Waals surface area contributed by atoms with Gasteiger partial charge in [0.25, 0.3) is 5.56 Å². The van der Waals surface area contributed by atoms with E-state index in [4.69, 9.17) is 0 Å². The fourth-order valence-corrected chi connectivity index (χ4v) is 3.83. The molecule has 0 atom stereocenters. The van der Waals surface area contributed by atoms with Crippen LogP contribution >= 0.6 is 11.8 Å². The molecule has 0 saturated heterocycles. The number of fused-ring (bicyclic) bond motifs is 1. The molecule has 0 aliphatic heterocycles. The monoisotopic (exact) mass is 419 g/mol. The van der Waals surface area contributed by atoms with Crippen LogP contribution in [0, 0.1) is 5.82 Å². The van der Waals surface area contributed by atoms with Crippen molar-refractivity contribution in [2.24, 2.45) is 7.05 Å². The standard InChI is InChI=1S/C20H14FN7OS/c1-27-17(13-9-5-6-10-15(13)21)25-26-20(27)30-19-23-16-14(18(29)24-19)11-22-28(16)12-7-3-2-4-8-12/h2-11H,1H3,(H,23,24,29). The summed E-state index contributed by atoms with van der Waals surface area (Å²) >= 11 is 1.13. The number of rotatable bonds is 4. The predicted molar refractivity (Wildman–Crippen MR) is 110 cm³/mol. The Bertz CT molecular complexity index is 1420. The van der Waals surface area contributed by atoms with Gasteiger partial charge in [-0.2, -0.15) is 5.10 Å². The maximum absolute atomic E-state index is 14.1. The summed E-state index contributed by atoms with van der Waals surface area (Å²) in [5.41, 5.74) is 1.27. The van der Waals surface area contributed by atoms with Crippen LogP contribution in [0.1, 0.15) is 0 Å². The van der Waals surface area contributed by atoms with Gasteiger partial charge in [-0.3, -0.25) is 4.79 Å². The number of halogens is 1. The van der Waals surface area contributed by atoms with E-state index in [1.165, 1.54) is 12.3 Å². The normalized spacial score (nSPS) is 11.3. The van der Waals surface area contributed by atoms with E-state index < -0.39 is 0 Å². The molecule has 3 heterocycles. The lowest BCUT2D eigenvalue weighted by Crippen LogP contribution is -2.10. The number of nitrogens with zero attached hydrogens (tertiary/aromatic N) is 6. The Hall–Kier alpha value is -3.79. The Labute approximate surface area is 173 Å². The molecule has 148 valence electrons. The van der Waals surface area contributed by atoms with E-state index in [-0.39, 0.29) is 11.4 Å². The van der Waals surface area contributed by atoms with Crippen molar-refractivity contribution < 1.29 is 4.39 Å². The highest BCUT2D eigenvalue weighted by atomic mass is 32.2. The first-order valence-electron chi connectivity index (χ1n) is 8.97. The van der Waals surface area contributed by atoms with Gasteiger partial charge in [0.05, 0.1) is 17.4 Å². The number of hydrogen-bond donors (Lipinski definition) is 1. The third-order valence-electron chi connectivity index (χ3n) is 4.55. The first kappa shape index (κ1) is 18.3. The molecular weight excluding hydrogens is 405 g/mol. The molecule has 10 heteroatoms. The highest BCUT2D eigenvalue weighted by molar-refractivity contribution is 7.99. The molecule has 30 heavy (non-hydrogen) atoms. The number of para-hydroxylation sites is 1. The van der Waals surface area contributed by atoms with E-state index in [1.807, 2.05) is 30.3 Å².